The molecule has 1 atom stereocenters. The highest BCUT2D eigenvalue weighted by molar-refractivity contribution is 6.31. The van der Waals surface area contributed by atoms with Gasteiger partial charge in [0.1, 0.15) is 5.60 Å². The van der Waals surface area contributed by atoms with Crippen LogP contribution < -0.4 is 0 Å². The number of halogens is 1. The van der Waals surface area contributed by atoms with E-state index in [1.54, 1.807) is 19.2 Å². The van der Waals surface area contributed by atoms with Crippen molar-refractivity contribution in [2.45, 2.75) is 12.5 Å². The summed E-state index contributed by atoms with van der Waals surface area (Å²) in [6, 6.07) is 17.0. The fourth-order valence-corrected chi connectivity index (χ4v) is 2.70. The van der Waals surface area contributed by atoms with E-state index in [2.05, 4.69) is 4.98 Å². The summed E-state index contributed by atoms with van der Waals surface area (Å²) >= 11 is 6.20. The van der Waals surface area contributed by atoms with E-state index >= 15 is 0 Å². The minimum atomic E-state index is -1.15. The predicted molar refractivity (Wildman–Crippen MR) is 81.9 cm³/mol. The summed E-state index contributed by atoms with van der Waals surface area (Å²) in [5.41, 5.74) is 1.18. The number of pyridine rings is 1. The molecule has 0 bridgehead atoms. The first-order chi connectivity index (χ1) is 9.59. The first-order valence-electron chi connectivity index (χ1n) is 6.42. The Morgan fingerprint density at radius 1 is 1.05 bits per heavy atom. The summed E-state index contributed by atoms with van der Waals surface area (Å²) in [7, 11) is 0. The topological polar surface area (TPSA) is 33.1 Å². The van der Waals surface area contributed by atoms with Gasteiger partial charge in [-0.2, -0.15) is 0 Å². The van der Waals surface area contributed by atoms with Crippen LogP contribution in [0.2, 0.25) is 5.02 Å². The third-order valence-electron chi connectivity index (χ3n) is 3.57. The van der Waals surface area contributed by atoms with Crippen molar-refractivity contribution in [1.29, 1.82) is 0 Å². The zero-order chi connectivity index (χ0) is 14.2. The molecule has 1 unspecified atom stereocenters. The average molecular weight is 284 g/mol. The molecule has 1 N–H and O–H groups in total. The molecule has 0 aliphatic rings. The first kappa shape index (κ1) is 13.1. The number of aliphatic hydroxyl groups is 1. The van der Waals surface area contributed by atoms with E-state index in [9.17, 15) is 5.11 Å². The molecule has 0 fully saturated rings. The highest BCUT2D eigenvalue weighted by atomic mass is 35.5. The van der Waals surface area contributed by atoms with Crippen molar-refractivity contribution < 1.29 is 5.11 Å². The third-order valence-corrected chi connectivity index (χ3v) is 3.90. The van der Waals surface area contributed by atoms with Crippen molar-refractivity contribution in [3.05, 3.63) is 76.9 Å². The molecule has 3 aromatic rings. The van der Waals surface area contributed by atoms with E-state index in [-0.39, 0.29) is 0 Å². The van der Waals surface area contributed by atoms with Crippen LogP contribution in [-0.2, 0) is 5.60 Å². The van der Waals surface area contributed by atoms with Gasteiger partial charge in [-0.1, -0.05) is 48.0 Å². The van der Waals surface area contributed by atoms with Gasteiger partial charge in [0.25, 0.3) is 0 Å². The van der Waals surface area contributed by atoms with Crippen molar-refractivity contribution in [3.63, 3.8) is 0 Å². The smallest absolute Gasteiger partial charge is 0.113 e. The number of fused-ring (bicyclic) bond motifs is 1. The maximum absolute atomic E-state index is 10.9. The van der Waals surface area contributed by atoms with Crippen LogP contribution in [0.4, 0.5) is 0 Å². The van der Waals surface area contributed by atoms with Gasteiger partial charge in [0.2, 0.25) is 0 Å². The zero-order valence-corrected chi connectivity index (χ0v) is 11.8. The number of aromatic nitrogens is 1. The lowest BCUT2D eigenvalue weighted by molar-refractivity contribution is 0.102. The van der Waals surface area contributed by atoms with Crippen LogP contribution in [-0.4, -0.2) is 10.1 Å². The van der Waals surface area contributed by atoms with Crippen molar-refractivity contribution in [2.75, 3.05) is 0 Å². The Morgan fingerprint density at radius 2 is 1.85 bits per heavy atom. The molecule has 3 rings (SSSR count). The van der Waals surface area contributed by atoms with E-state index in [4.69, 9.17) is 11.6 Å². The Labute approximate surface area is 122 Å². The second-order valence-corrected chi connectivity index (χ2v) is 5.37. The lowest BCUT2D eigenvalue weighted by atomic mass is 9.87. The van der Waals surface area contributed by atoms with Crippen LogP contribution in [0.15, 0.2) is 60.8 Å². The maximum Gasteiger partial charge on any atom is 0.113 e. The summed E-state index contributed by atoms with van der Waals surface area (Å²) in [4.78, 5) is 4.33. The zero-order valence-electron chi connectivity index (χ0n) is 11.0. The summed E-state index contributed by atoms with van der Waals surface area (Å²) in [6.07, 6.45) is 1.75. The van der Waals surface area contributed by atoms with E-state index < -0.39 is 5.60 Å². The van der Waals surface area contributed by atoms with Gasteiger partial charge in [-0.3, -0.25) is 4.98 Å². The Kier molecular flexibility index (Phi) is 3.20. The van der Waals surface area contributed by atoms with Crippen LogP contribution >= 0.6 is 11.6 Å². The minimum Gasteiger partial charge on any atom is -0.381 e. The van der Waals surface area contributed by atoms with Crippen LogP contribution in [0.25, 0.3) is 10.9 Å². The first-order valence-corrected chi connectivity index (χ1v) is 6.79. The lowest BCUT2D eigenvalue weighted by Gasteiger charge is -2.25. The summed E-state index contributed by atoms with van der Waals surface area (Å²) in [6.45, 7) is 1.75. The van der Waals surface area contributed by atoms with Crippen LogP contribution in [0.1, 0.15) is 18.1 Å². The van der Waals surface area contributed by atoms with Crippen LogP contribution in [0, 0.1) is 0 Å². The van der Waals surface area contributed by atoms with Gasteiger partial charge in [0.05, 0.1) is 5.52 Å². The molecule has 1 heterocycles. The predicted octanol–water partition coefficient (Wildman–Crippen LogP) is 4.14. The Morgan fingerprint density at radius 3 is 2.65 bits per heavy atom. The molecule has 0 saturated carbocycles. The molecular weight excluding hydrogens is 270 g/mol. The number of benzene rings is 2. The fourth-order valence-electron chi connectivity index (χ4n) is 2.38. The normalized spacial score (nSPS) is 14.2. The molecular formula is C17H14ClNO. The van der Waals surface area contributed by atoms with Gasteiger partial charge in [0, 0.05) is 22.2 Å². The van der Waals surface area contributed by atoms with Crippen molar-refractivity contribution >= 4 is 22.5 Å². The Hall–Kier alpha value is -1.90. The average Bonchev–Trinajstić information content (AvgIpc) is 2.47. The molecule has 0 saturated heterocycles. The van der Waals surface area contributed by atoms with Gasteiger partial charge in [-0.05, 0) is 30.7 Å². The quantitative estimate of drug-likeness (QED) is 0.766. The second-order valence-electron chi connectivity index (χ2n) is 4.96. The van der Waals surface area contributed by atoms with E-state index in [0.717, 1.165) is 16.5 Å². The maximum atomic E-state index is 10.9. The number of rotatable bonds is 2. The Balaban J connectivity index is 2.16. The van der Waals surface area contributed by atoms with Crippen molar-refractivity contribution in [1.82, 2.24) is 4.98 Å². The third kappa shape index (κ3) is 2.17. The molecule has 0 aliphatic carbocycles. The van der Waals surface area contributed by atoms with Gasteiger partial charge >= 0.3 is 0 Å². The second kappa shape index (κ2) is 4.89. The monoisotopic (exact) mass is 283 g/mol. The van der Waals surface area contributed by atoms with Crippen LogP contribution in [0.3, 0.4) is 0 Å². The van der Waals surface area contributed by atoms with Crippen molar-refractivity contribution in [2.24, 2.45) is 0 Å². The SMILES string of the molecule is CC(O)(c1ccc2cccnc2c1)c1ccccc1Cl. The molecule has 2 nitrogen and oxygen atoms in total. The number of hydrogen-bond acceptors (Lipinski definition) is 2. The minimum absolute atomic E-state index is 0.554. The summed E-state index contributed by atoms with van der Waals surface area (Å²) in [5, 5.41) is 12.5. The lowest BCUT2D eigenvalue weighted by Crippen LogP contribution is -2.23. The van der Waals surface area contributed by atoms with E-state index in [1.165, 1.54) is 0 Å². The molecule has 2 aromatic carbocycles. The fraction of sp³-hybridized carbons (Fsp3) is 0.118. The molecule has 100 valence electrons. The highest BCUT2D eigenvalue weighted by Crippen LogP contribution is 2.34. The largest absolute Gasteiger partial charge is 0.381 e. The van der Waals surface area contributed by atoms with Crippen molar-refractivity contribution in [3.8, 4) is 0 Å². The van der Waals surface area contributed by atoms with E-state index in [0.29, 0.717) is 10.6 Å². The van der Waals surface area contributed by atoms with Crippen LogP contribution in [0.5, 0.6) is 0 Å². The van der Waals surface area contributed by atoms with Gasteiger partial charge in [-0.15, -0.1) is 0 Å². The molecule has 1 aromatic heterocycles. The van der Waals surface area contributed by atoms with Gasteiger partial charge < -0.3 is 5.11 Å². The molecule has 0 amide bonds. The summed E-state index contributed by atoms with van der Waals surface area (Å²) < 4.78 is 0. The summed E-state index contributed by atoms with van der Waals surface area (Å²) in [5.74, 6) is 0. The van der Waals surface area contributed by atoms with E-state index in [1.807, 2.05) is 48.5 Å². The highest BCUT2D eigenvalue weighted by Gasteiger charge is 2.27. The molecule has 0 radical (unpaired) electrons. The number of nitrogens with zero attached hydrogens (tertiary/aromatic N) is 1. The Bertz CT molecular complexity index is 768. The molecule has 0 spiro atoms. The van der Waals surface area contributed by atoms with Gasteiger partial charge in [0.15, 0.2) is 0 Å². The standard InChI is InChI=1S/C17H14ClNO/c1-17(20,14-6-2-3-7-15(14)18)13-9-8-12-5-4-10-19-16(12)11-13/h2-11,20H,1H3. The molecule has 0 aliphatic heterocycles. The molecule has 3 heteroatoms. The molecule has 20 heavy (non-hydrogen) atoms. The number of hydrogen-bond donors (Lipinski definition) is 1. The van der Waals surface area contributed by atoms with Gasteiger partial charge in [-0.25, -0.2) is 0 Å².